The van der Waals surface area contributed by atoms with E-state index in [-0.39, 0.29) is 24.2 Å². The molecule has 50 heavy (non-hydrogen) atoms. The molecule has 4 N–H and O–H groups in total. The zero-order valence-electron chi connectivity index (χ0n) is 28.9. The van der Waals surface area contributed by atoms with E-state index in [0.29, 0.717) is 68.8 Å². The third-order valence-corrected chi connectivity index (χ3v) is 9.76. The lowest BCUT2D eigenvalue weighted by atomic mass is 9.88. The Hall–Kier alpha value is -3.90. The molecule has 0 saturated carbocycles. The third kappa shape index (κ3) is 10.6. The van der Waals surface area contributed by atoms with Gasteiger partial charge in [-0.15, -0.1) is 0 Å². The molecule has 1 atom stereocenters. The molecule has 2 heterocycles. The van der Waals surface area contributed by atoms with E-state index >= 15 is 0 Å². The van der Waals surface area contributed by atoms with Crippen molar-refractivity contribution in [3.05, 3.63) is 94.3 Å². The van der Waals surface area contributed by atoms with E-state index in [1.54, 1.807) is 12.1 Å². The number of piperidine rings is 1. The van der Waals surface area contributed by atoms with Crippen molar-refractivity contribution in [2.24, 2.45) is 11.7 Å². The smallest absolute Gasteiger partial charge is 0.408 e. The molecule has 0 aliphatic carbocycles. The van der Waals surface area contributed by atoms with E-state index in [1.807, 2.05) is 60.4 Å². The van der Waals surface area contributed by atoms with Crippen molar-refractivity contribution in [2.75, 3.05) is 70.8 Å². The van der Waals surface area contributed by atoms with Crippen LogP contribution in [0.25, 0.3) is 0 Å². The Morgan fingerprint density at radius 3 is 2.46 bits per heavy atom. The molecule has 2 fully saturated rings. The Morgan fingerprint density at radius 1 is 0.980 bits per heavy atom. The maximum Gasteiger partial charge on any atom is 0.408 e. The van der Waals surface area contributed by atoms with Crippen molar-refractivity contribution in [2.45, 2.75) is 45.4 Å². The van der Waals surface area contributed by atoms with Crippen molar-refractivity contribution in [1.82, 2.24) is 20.0 Å². The van der Waals surface area contributed by atoms with Crippen LogP contribution in [0.4, 0.5) is 14.9 Å². The second-order valence-electron chi connectivity index (χ2n) is 12.9. The normalized spacial score (nSPS) is 16.5. The number of halogens is 2. The number of carbonyl (C=O) groups is 2. The van der Waals surface area contributed by atoms with E-state index in [4.69, 9.17) is 26.8 Å². The second-order valence-corrected chi connectivity index (χ2v) is 13.3. The summed E-state index contributed by atoms with van der Waals surface area (Å²) in [5.74, 6) is 0.110. The monoisotopic (exact) mass is 708 g/mol. The lowest BCUT2D eigenvalue weighted by Gasteiger charge is -2.40. The van der Waals surface area contributed by atoms with Crippen LogP contribution in [0.15, 0.2) is 66.7 Å². The first-order valence-corrected chi connectivity index (χ1v) is 18.1. The van der Waals surface area contributed by atoms with Gasteiger partial charge in [-0.3, -0.25) is 9.69 Å². The standard InChI is InChI=1S/C38H50ClFN6O4/c1-2-49-35-10-6-9-33(40)32(35)26-45-21-23-46(24-22-45)37(47)36(43-38(48)50-27-28-7-4-3-5-8-28)29-13-18-44(19-14-29)20-15-30-25-31(39)11-12-34(30)42-17-16-41/h3-12,25,29,36,42H,2,13-24,26-27,41H2,1H3,(H,43,48)/t36-/m1/s1. The van der Waals surface area contributed by atoms with Crippen molar-refractivity contribution in [3.63, 3.8) is 0 Å². The second kappa shape index (κ2) is 18.9. The first kappa shape index (κ1) is 37.4. The molecular weight excluding hydrogens is 659 g/mol. The van der Waals surface area contributed by atoms with Crippen molar-refractivity contribution >= 4 is 29.3 Å². The predicted octanol–water partition coefficient (Wildman–Crippen LogP) is 5.14. The van der Waals surface area contributed by atoms with E-state index in [9.17, 15) is 14.0 Å². The van der Waals surface area contributed by atoms with Crippen LogP contribution in [-0.2, 0) is 29.1 Å². The summed E-state index contributed by atoms with van der Waals surface area (Å²) in [6.07, 6.45) is 1.75. The minimum Gasteiger partial charge on any atom is -0.493 e. The number of ether oxygens (including phenoxy) is 2. The lowest BCUT2D eigenvalue weighted by Crippen LogP contribution is -2.58. The number of hydrogen-bond acceptors (Lipinski definition) is 8. The summed E-state index contributed by atoms with van der Waals surface area (Å²) in [6.45, 7) is 8.67. The molecule has 0 unspecified atom stereocenters. The molecule has 0 radical (unpaired) electrons. The average molecular weight is 709 g/mol. The molecule has 2 saturated heterocycles. The van der Waals surface area contributed by atoms with Gasteiger partial charge < -0.3 is 35.6 Å². The van der Waals surface area contributed by atoms with Crippen molar-refractivity contribution in [1.29, 1.82) is 0 Å². The summed E-state index contributed by atoms with van der Waals surface area (Å²) in [5, 5.41) is 7.04. The highest BCUT2D eigenvalue weighted by Crippen LogP contribution is 2.27. The number of amides is 2. The van der Waals surface area contributed by atoms with Gasteiger partial charge in [-0.05, 0) is 86.7 Å². The maximum absolute atomic E-state index is 14.7. The minimum absolute atomic E-state index is 0.0406. The fraction of sp³-hybridized carbons (Fsp3) is 0.474. The van der Waals surface area contributed by atoms with E-state index in [1.165, 1.54) is 6.07 Å². The molecule has 0 aromatic heterocycles. The van der Waals surface area contributed by atoms with Gasteiger partial charge in [0.15, 0.2) is 0 Å². The molecule has 2 amide bonds. The molecule has 270 valence electrons. The fourth-order valence-electron chi connectivity index (χ4n) is 6.74. The van der Waals surface area contributed by atoms with Crippen LogP contribution < -0.4 is 21.1 Å². The molecule has 3 aromatic rings. The summed E-state index contributed by atoms with van der Waals surface area (Å²) in [6, 6.07) is 19.5. The van der Waals surface area contributed by atoms with E-state index in [2.05, 4.69) is 20.4 Å². The highest BCUT2D eigenvalue weighted by molar-refractivity contribution is 6.30. The molecule has 3 aromatic carbocycles. The Bertz CT molecular complexity index is 1530. The highest BCUT2D eigenvalue weighted by atomic mass is 35.5. The maximum atomic E-state index is 14.7. The number of anilines is 1. The van der Waals surface area contributed by atoms with Gasteiger partial charge in [0, 0.05) is 68.6 Å². The summed E-state index contributed by atoms with van der Waals surface area (Å²) >= 11 is 6.32. The van der Waals surface area contributed by atoms with Gasteiger partial charge in [0.25, 0.3) is 0 Å². The summed E-state index contributed by atoms with van der Waals surface area (Å²) in [4.78, 5) is 33.6. The molecule has 0 spiro atoms. The first-order chi connectivity index (χ1) is 24.3. The number of alkyl carbamates (subject to hydrolysis) is 1. The summed E-state index contributed by atoms with van der Waals surface area (Å²) < 4.78 is 26.0. The molecule has 5 rings (SSSR count). The summed E-state index contributed by atoms with van der Waals surface area (Å²) in [5.41, 5.74) is 9.29. The number of rotatable bonds is 15. The predicted molar refractivity (Wildman–Crippen MR) is 195 cm³/mol. The quantitative estimate of drug-likeness (QED) is 0.199. The first-order valence-electron chi connectivity index (χ1n) is 17.7. The van der Waals surface area contributed by atoms with E-state index < -0.39 is 12.1 Å². The molecule has 12 heteroatoms. The number of carbonyl (C=O) groups excluding carboxylic acids is 2. The average Bonchev–Trinajstić information content (AvgIpc) is 3.14. The van der Waals surface area contributed by atoms with Gasteiger partial charge >= 0.3 is 6.09 Å². The van der Waals surface area contributed by atoms with Crippen molar-refractivity contribution < 1.29 is 23.5 Å². The molecule has 0 bridgehead atoms. The van der Waals surface area contributed by atoms with Crippen molar-refractivity contribution in [3.8, 4) is 5.75 Å². The molecule has 2 aliphatic rings. The lowest BCUT2D eigenvalue weighted by molar-refractivity contribution is -0.137. The fourth-order valence-corrected chi connectivity index (χ4v) is 6.93. The van der Waals surface area contributed by atoms with Gasteiger partial charge in [0.1, 0.15) is 24.2 Å². The number of benzene rings is 3. The molecular formula is C38H50ClFN6O4. The zero-order chi connectivity index (χ0) is 35.3. The zero-order valence-corrected chi connectivity index (χ0v) is 29.7. The van der Waals surface area contributed by atoms with Crippen LogP contribution in [0.5, 0.6) is 5.75 Å². The van der Waals surface area contributed by atoms with Crippen LogP contribution in [0.2, 0.25) is 5.02 Å². The largest absolute Gasteiger partial charge is 0.493 e. The van der Waals surface area contributed by atoms with Crippen LogP contribution in [-0.4, -0.2) is 98.3 Å². The number of nitrogens with one attached hydrogen (secondary N) is 2. The van der Waals surface area contributed by atoms with Gasteiger partial charge in [-0.1, -0.05) is 48.0 Å². The van der Waals surface area contributed by atoms with Crippen LogP contribution in [0.3, 0.4) is 0 Å². The van der Waals surface area contributed by atoms with Gasteiger partial charge in [-0.2, -0.15) is 0 Å². The minimum atomic E-state index is -0.705. The van der Waals surface area contributed by atoms with E-state index in [0.717, 1.165) is 55.7 Å². The van der Waals surface area contributed by atoms with Crippen LogP contribution in [0.1, 0.15) is 36.5 Å². The number of hydrogen-bond donors (Lipinski definition) is 3. The summed E-state index contributed by atoms with van der Waals surface area (Å²) in [7, 11) is 0. The Balaban J connectivity index is 1.19. The highest BCUT2D eigenvalue weighted by Gasteiger charge is 2.37. The van der Waals surface area contributed by atoms with Crippen LogP contribution >= 0.6 is 11.6 Å². The van der Waals surface area contributed by atoms with Gasteiger partial charge in [0.05, 0.1) is 6.61 Å². The number of likely N-dealkylation sites (tertiary alicyclic amines) is 1. The third-order valence-electron chi connectivity index (χ3n) is 9.52. The van der Waals surface area contributed by atoms with Gasteiger partial charge in [0.2, 0.25) is 5.91 Å². The number of piperazine rings is 1. The van der Waals surface area contributed by atoms with Gasteiger partial charge in [-0.25, -0.2) is 9.18 Å². The topological polar surface area (TPSA) is 112 Å². The Labute approximate surface area is 300 Å². The SMILES string of the molecule is CCOc1cccc(F)c1CN1CCN(C(=O)[C@H](NC(=O)OCc2ccccc2)C2CCN(CCc3cc(Cl)ccc3NCCN)CC2)CC1. The molecule has 10 nitrogen and oxygen atoms in total. The number of nitrogens with two attached hydrogens (primary N) is 1. The Morgan fingerprint density at radius 2 is 1.74 bits per heavy atom. The van der Waals surface area contributed by atoms with Crippen LogP contribution in [0, 0.1) is 11.7 Å². The molecule has 2 aliphatic heterocycles. The Kier molecular flexibility index (Phi) is 14.1. The number of nitrogens with zero attached hydrogens (tertiary/aromatic N) is 3.